The van der Waals surface area contributed by atoms with Gasteiger partial charge in [-0.15, -0.1) is 11.3 Å². The van der Waals surface area contributed by atoms with Crippen LogP contribution in [0.4, 0.5) is 18.2 Å². The van der Waals surface area contributed by atoms with Gasteiger partial charge in [-0.3, -0.25) is 9.59 Å². The number of primary amides is 1. The molecule has 1 heterocycles. The third kappa shape index (κ3) is 4.41. The Kier molecular flexibility index (Phi) is 5.41. The molecule has 0 unspecified atom stereocenters. The maximum Gasteiger partial charge on any atom is 0.416 e. The summed E-state index contributed by atoms with van der Waals surface area (Å²) in [6, 6.07) is 4.28. The Balaban J connectivity index is 1.68. The number of anilines is 1. The van der Waals surface area contributed by atoms with Crippen molar-refractivity contribution in [1.82, 2.24) is 0 Å². The Morgan fingerprint density at radius 3 is 2.67 bits per heavy atom. The smallest absolute Gasteiger partial charge is 0.416 e. The second-order valence-corrected chi connectivity index (χ2v) is 7.25. The molecule has 0 fully saturated rings. The third-order valence-corrected chi connectivity index (χ3v) is 5.41. The van der Waals surface area contributed by atoms with Crippen LogP contribution in [0.1, 0.15) is 39.2 Å². The first-order chi connectivity index (χ1) is 12.8. The van der Waals surface area contributed by atoms with Crippen LogP contribution in [0.5, 0.6) is 5.75 Å². The average Bonchev–Trinajstić information content (AvgIpc) is 2.97. The minimum absolute atomic E-state index is 0.0689. The summed E-state index contributed by atoms with van der Waals surface area (Å²) >= 11 is 1.31. The van der Waals surface area contributed by atoms with Gasteiger partial charge in [-0.1, -0.05) is 6.07 Å². The lowest BCUT2D eigenvalue weighted by Gasteiger charge is -2.11. The molecule has 0 saturated heterocycles. The molecular formula is C18H17F3N2O3S. The standard InChI is InChI=1S/C18H17F3N2O3S/c19-18(20,21)10-4-3-5-11(8-10)26-9-14(24)23-17-15(16(22)25)12-6-1-2-7-13(12)27-17/h3-5,8H,1-2,6-7,9H2,(H2,22,25)(H,23,24). The number of rotatable bonds is 5. The number of nitrogens with two attached hydrogens (primary N) is 1. The SMILES string of the molecule is NC(=O)c1c(NC(=O)COc2cccc(C(F)(F)F)c2)sc2c1CCCC2. The lowest BCUT2D eigenvalue weighted by Crippen LogP contribution is -2.22. The number of hydrogen-bond donors (Lipinski definition) is 2. The molecule has 5 nitrogen and oxygen atoms in total. The first-order valence-corrected chi connectivity index (χ1v) is 9.11. The predicted octanol–water partition coefficient (Wildman–Crippen LogP) is 3.76. The van der Waals surface area contributed by atoms with Crippen LogP contribution >= 0.6 is 11.3 Å². The van der Waals surface area contributed by atoms with E-state index in [2.05, 4.69) is 5.32 Å². The number of thiophene rings is 1. The van der Waals surface area contributed by atoms with E-state index in [1.165, 1.54) is 23.5 Å². The first-order valence-electron chi connectivity index (χ1n) is 8.30. The number of carbonyl (C=O) groups is 2. The molecule has 27 heavy (non-hydrogen) atoms. The van der Waals surface area contributed by atoms with Gasteiger partial charge in [-0.2, -0.15) is 13.2 Å². The molecule has 1 aromatic carbocycles. The Morgan fingerprint density at radius 1 is 1.22 bits per heavy atom. The number of amides is 2. The molecule has 2 amide bonds. The van der Waals surface area contributed by atoms with Crippen LogP contribution in [0.3, 0.4) is 0 Å². The monoisotopic (exact) mass is 398 g/mol. The average molecular weight is 398 g/mol. The van der Waals surface area contributed by atoms with Crippen LogP contribution < -0.4 is 15.8 Å². The van der Waals surface area contributed by atoms with Crippen molar-refractivity contribution in [1.29, 1.82) is 0 Å². The predicted molar refractivity (Wildman–Crippen MR) is 95.0 cm³/mol. The molecule has 0 spiro atoms. The van der Waals surface area contributed by atoms with E-state index in [0.717, 1.165) is 48.3 Å². The van der Waals surface area contributed by atoms with E-state index in [-0.39, 0.29) is 5.75 Å². The zero-order valence-corrected chi connectivity index (χ0v) is 15.0. The van der Waals surface area contributed by atoms with Crippen molar-refractivity contribution in [2.75, 3.05) is 11.9 Å². The summed E-state index contributed by atoms with van der Waals surface area (Å²) in [4.78, 5) is 25.0. The molecule has 1 aliphatic carbocycles. The van der Waals surface area contributed by atoms with Gasteiger partial charge in [0.1, 0.15) is 10.8 Å². The summed E-state index contributed by atoms with van der Waals surface area (Å²) in [5.74, 6) is -1.25. The van der Waals surface area contributed by atoms with E-state index in [1.807, 2.05) is 0 Å². The number of nitrogens with one attached hydrogen (secondary N) is 1. The fraction of sp³-hybridized carbons (Fsp3) is 0.333. The van der Waals surface area contributed by atoms with E-state index in [1.54, 1.807) is 0 Å². The number of alkyl halides is 3. The van der Waals surface area contributed by atoms with E-state index in [0.29, 0.717) is 10.6 Å². The van der Waals surface area contributed by atoms with E-state index >= 15 is 0 Å². The van der Waals surface area contributed by atoms with Gasteiger partial charge in [0.2, 0.25) is 0 Å². The van der Waals surface area contributed by atoms with Crippen LogP contribution in [0.15, 0.2) is 24.3 Å². The Bertz CT molecular complexity index is 877. The molecule has 1 aromatic heterocycles. The molecule has 0 radical (unpaired) electrons. The molecule has 9 heteroatoms. The lowest BCUT2D eigenvalue weighted by atomic mass is 9.95. The van der Waals surface area contributed by atoms with Crippen molar-refractivity contribution in [2.45, 2.75) is 31.9 Å². The molecule has 3 N–H and O–H groups in total. The van der Waals surface area contributed by atoms with Gasteiger partial charge in [0, 0.05) is 4.88 Å². The van der Waals surface area contributed by atoms with Crippen LogP contribution in [0, 0.1) is 0 Å². The van der Waals surface area contributed by atoms with Gasteiger partial charge < -0.3 is 15.8 Å². The van der Waals surface area contributed by atoms with Gasteiger partial charge in [0.25, 0.3) is 11.8 Å². The van der Waals surface area contributed by atoms with Crippen LogP contribution in [0.25, 0.3) is 0 Å². The van der Waals surface area contributed by atoms with Crippen molar-refractivity contribution in [3.63, 3.8) is 0 Å². The van der Waals surface area contributed by atoms with Gasteiger partial charge in [-0.25, -0.2) is 0 Å². The molecule has 3 rings (SSSR count). The topological polar surface area (TPSA) is 81.4 Å². The minimum atomic E-state index is -4.49. The van der Waals surface area contributed by atoms with Crippen LogP contribution in [-0.4, -0.2) is 18.4 Å². The molecular weight excluding hydrogens is 381 g/mol. The minimum Gasteiger partial charge on any atom is -0.484 e. The van der Waals surface area contributed by atoms with E-state index < -0.39 is 30.2 Å². The number of benzene rings is 1. The highest BCUT2D eigenvalue weighted by atomic mass is 32.1. The maximum absolute atomic E-state index is 12.7. The highest BCUT2D eigenvalue weighted by Gasteiger charge is 2.30. The summed E-state index contributed by atoms with van der Waals surface area (Å²) in [6.45, 7) is -0.484. The number of fused-ring (bicyclic) bond motifs is 1. The molecule has 0 atom stereocenters. The van der Waals surface area contributed by atoms with Crippen molar-refractivity contribution >= 4 is 28.2 Å². The van der Waals surface area contributed by atoms with Gasteiger partial charge in [0.15, 0.2) is 6.61 Å². The number of carbonyl (C=O) groups excluding carboxylic acids is 2. The van der Waals surface area contributed by atoms with E-state index in [9.17, 15) is 22.8 Å². The third-order valence-electron chi connectivity index (χ3n) is 4.20. The van der Waals surface area contributed by atoms with Crippen molar-refractivity contribution in [3.8, 4) is 5.75 Å². The Morgan fingerprint density at radius 2 is 1.96 bits per heavy atom. The summed E-state index contributed by atoms with van der Waals surface area (Å²) in [6.07, 6.45) is -0.959. The molecule has 1 aliphatic rings. The summed E-state index contributed by atoms with van der Waals surface area (Å²) in [5, 5.41) is 2.96. The van der Waals surface area contributed by atoms with Crippen molar-refractivity contribution in [2.24, 2.45) is 5.73 Å². The number of aryl methyl sites for hydroxylation is 1. The summed E-state index contributed by atoms with van der Waals surface area (Å²) in [5.41, 5.74) is 5.80. The summed E-state index contributed by atoms with van der Waals surface area (Å²) < 4.78 is 43.3. The fourth-order valence-electron chi connectivity index (χ4n) is 2.99. The second kappa shape index (κ2) is 7.59. The van der Waals surface area contributed by atoms with Gasteiger partial charge in [-0.05, 0) is 49.4 Å². The molecule has 0 aliphatic heterocycles. The first kappa shape index (κ1) is 19.2. The quantitative estimate of drug-likeness (QED) is 0.805. The van der Waals surface area contributed by atoms with E-state index in [4.69, 9.17) is 10.5 Å². The normalized spacial score (nSPS) is 13.7. The molecule has 2 aromatic rings. The number of ether oxygens (including phenoxy) is 1. The molecule has 0 saturated carbocycles. The van der Waals surface area contributed by atoms with Gasteiger partial charge >= 0.3 is 6.18 Å². The Hall–Kier alpha value is -2.55. The summed E-state index contributed by atoms with van der Waals surface area (Å²) in [7, 11) is 0. The highest BCUT2D eigenvalue weighted by molar-refractivity contribution is 7.17. The largest absolute Gasteiger partial charge is 0.484 e. The molecule has 0 bridgehead atoms. The maximum atomic E-state index is 12.7. The van der Waals surface area contributed by atoms with Crippen LogP contribution in [0.2, 0.25) is 0 Å². The number of halogens is 3. The fourth-order valence-corrected chi connectivity index (χ4v) is 4.30. The lowest BCUT2D eigenvalue weighted by molar-refractivity contribution is -0.137. The van der Waals surface area contributed by atoms with Crippen molar-refractivity contribution in [3.05, 3.63) is 45.8 Å². The Labute approximate surface area is 157 Å². The second-order valence-electron chi connectivity index (χ2n) is 6.14. The highest BCUT2D eigenvalue weighted by Crippen LogP contribution is 2.38. The van der Waals surface area contributed by atoms with Crippen molar-refractivity contribution < 1.29 is 27.5 Å². The number of hydrogen-bond acceptors (Lipinski definition) is 4. The zero-order chi connectivity index (χ0) is 19.6. The zero-order valence-electron chi connectivity index (χ0n) is 14.2. The molecule has 144 valence electrons. The van der Waals surface area contributed by atoms with Crippen LogP contribution in [-0.2, 0) is 23.8 Å². The van der Waals surface area contributed by atoms with Gasteiger partial charge in [0.05, 0.1) is 11.1 Å².